The van der Waals surface area contributed by atoms with E-state index in [1.165, 1.54) is 0 Å². The minimum atomic E-state index is -0.222. The second kappa shape index (κ2) is 4.18. The molecule has 3 N–H and O–H groups in total. The third-order valence-corrected chi connectivity index (χ3v) is 2.01. The van der Waals surface area contributed by atoms with Crippen molar-refractivity contribution in [3.8, 4) is 0 Å². The van der Waals surface area contributed by atoms with Crippen LogP contribution in [0.3, 0.4) is 0 Å². The first kappa shape index (κ1) is 9.16. The maximum atomic E-state index is 8.81. The SMILES string of the molecule is CC(c1ccccn1)C(N)CO. The topological polar surface area (TPSA) is 59.1 Å². The number of nitrogens with zero attached hydrogens (tertiary/aromatic N) is 1. The molecule has 0 aliphatic heterocycles. The minimum Gasteiger partial charge on any atom is -0.395 e. The fourth-order valence-electron chi connectivity index (χ4n) is 1.02. The van der Waals surface area contributed by atoms with Gasteiger partial charge in [-0.15, -0.1) is 0 Å². The molecule has 1 rings (SSSR count). The van der Waals surface area contributed by atoms with E-state index in [1.807, 2.05) is 25.1 Å². The van der Waals surface area contributed by atoms with E-state index < -0.39 is 0 Å². The number of aliphatic hydroxyl groups is 1. The van der Waals surface area contributed by atoms with Crippen LogP contribution < -0.4 is 5.73 Å². The maximum Gasteiger partial charge on any atom is 0.0589 e. The van der Waals surface area contributed by atoms with E-state index in [2.05, 4.69) is 4.98 Å². The van der Waals surface area contributed by atoms with Crippen LogP contribution >= 0.6 is 0 Å². The Morgan fingerprint density at radius 2 is 2.33 bits per heavy atom. The molecule has 0 saturated carbocycles. The molecule has 66 valence electrons. The van der Waals surface area contributed by atoms with Gasteiger partial charge in [-0.2, -0.15) is 0 Å². The van der Waals surface area contributed by atoms with Crippen LogP contribution in [0.5, 0.6) is 0 Å². The summed E-state index contributed by atoms with van der Waals surface area (Å²) in [6.07, 6.45) is 1.73. The van der Waals surface area contributed by atoms with Gasteiger partial charge in [0.2, 0.25) is 0 Å². The van der Waals surface area contributed by atoms with E-state index in [0.29, 0.717) is 0 Å². The molecule has 0 aliphatic rings. The number of pyridine rings is 1. The second-order valence-electron chi connectivity index (χ2n) is 2.89. The first-order valence-corrected chi connectivity index (χ1v) is 4.03. The Labute approximate surface area is 72.2 Å². The normalized spacial score (nSPS) is 15.6. The molecule has 0 fully saturated rings. The summed E-state index contributed by atoms with van der Waals surface area (Å²) in [5.41, 5.74) is 6.59. The number of nitrogens with two attached hydrogens (primary N) is 1. The molecule has 12 heavy (non-hydrogen) atoms. The molecule has 0 amide bonds. The van der Waals surface area contributed by atoms with Gasteiger partial charge in [-0.05, 0) is 12.1 Å². The van der Waals surface area contributed by atoms with Gasteiger partial charge in [0, 0.05) is 23.9 Å². The van der Waals surface area contributed by atoms with Crippen LogP contribution in [0, 0.1) is 0 Å². The number of hydrogen-bond acceptors (Lipinski definition) is 3. The second-order valence-corrected chi connectivity index (χ2v) is 2.89. The largest absolute Gasteiger partial charge is 0.395 e. The van der Waals surface area contributed by atoms with E-state index in [1.54, 1.807) is 6.20 Å². The van der Waals surface area contributed by atoms with Crippen LogP contribution in [-0.2, 0) is 0 Å². The fraction of sp³-hybridized carbons (Fsp3) is 0.444. The molecule has 2 atom stereocenters. The number of aliphatic hydroxyl groups excluding tert-OH is 1. The van der Waals surface area contributed by atoms with Gasteiger partial charge in [0.1, 0.15) is 0 Å². The lowest BCUT2D eigenvalue weighted by Crippen LogP contribution is -2.30. The molecule has 1 aromatic heterocycles. The van der Waals surface area contributed by atoms with Crippen molar-refractivity contribution >= 4 is 0 Å². The quantitative estimate of drug-likeness (QED) is 0.687. The zero-order valence-electron chi connectivity index (χ0n) is 7.14. The molecular formula is C9H14N2O. The first-order chi connectivity index (χ1) is 5.75. The van der Waals surface area contributed by atoms with Crippen molar-refractivity contribution in [3.05, 3.63) is 30.1 Å². The zero-order chi connectivity index (χ0) is 8.97. The third kappa shape index (κ3) is 2.03. The Hall–Kier alpha value is -0.930. The molecule has 0 bridgehead atoms. The highest BCUT2D eigenvalue weighted by Gasteiger charge is 2.13. The van der Waals surface area contributed by atoms with Gasteiger partial charge in [0.05, 0.1) is 6.61 Å². The molecule has 2 unspecified atom stereocenters. The molecule has 1 aromatic rings. The number of aromatic nitrogens is 1. The lowest BCUT2D eigenvalue weighted by Gasteiger charge is -2.16. The molecule has 0 aromatic carbocycles. The van der Waals surface area contributed by atoms with Crippen molar-refractivity contribution in [2.75, 3.05) is 6.61 Å². The van der Waals surface area contributed by atoms with E-state index in [0.717, 1.165) is 5.69 Å². The smallest absolute Gasteiger partial charge is 0.0589 e. The summed E-state index contributed by atoms with van der Waals surface area (Å²) in [5.74, 6) is 0.108. The first-order valence-electron chi connectivity index (χ1n) is 4.03. The van der Waals surface area contributed by atoms with Crippen LogP contribution in [0.2, 0.25) is 0 Å². The molecular weight excluding hydrogens is 152 g/mol. The molecule has 0 spiro atoms. The summed E-state index contributed by atoms with van der Waals surface area (Å²) in [7, 11) is 0. The zero-order valence-corrected chi connectivity index (χ0v) is 7.14. The molecule has 0 saturated heterocycles. The summed E-state index contributed by atoms with van der Waals surface area (Å²) in [6.45, 7) is 1.96. The van der Waals surface area contributed by atoms with Crippen molar-refractivity contribution < 1.29 is 5.11 Å². The highest BCUT2D eigenvalue weighted by atomic mass is 16.3. The predicted molar refractivity (Wildman–Crippen MR) is 47.7 cm³/mol. The summed E-state index contributed by atoms with van der Waals surface area (Å²) in [6, 6.07) is 5.48. The van der Waals surface area contributed by atoms with E-state index in [4.69, 9.17) is 10.8 Å². The average Bonchev–Trinajstić information content (AvgIpc) is 2.17. The average molecular weight is 166 g/mol. The number of rotatable bonds is 3. The predicted octanol–water partition coefficient (Wildman–Crippen LogP) is 0.505. The van der Waals surface area contributed by atoms with Gasteiger partial charge < -0.3 is 10.8 Å². The molecule has 3 heteroatoms. The summed E-state index contributed by atoms with van der Waals surface area (Å²) >= 11 is 0. The van der Waals surface area contributed by atoms with Gasteiger partial charge in [0.15, 0.2) is 0 Å². The highest BCUT2D eigenvalue weighted by molar-refractivity contribution is 5.10. The minimum absolute atomic E-state index is 0.00224. The molecule has 3 nitrogen and oxygen atoms in total. The van der Waals surface area contributed by atoms with Gasteiger partial charge in [0.25, 0.3) is 0 Å². The van der Waals surface area contributed by atoms with E-state index >= 15 is 0 Å². The van der Waals surface area contributed by atoms with E-state index in [-0.39, 0.29) is 18.6 Å². The third-order valence-electron chi connectivity index (χ3n) is 2.01. The Morgan fingerprint density at radius 1 is 1.58 bits per heavy atom. The van der Waals surface area contributed by atoms with Crippen LogP contribution in [0.25, 0.3) is 0 Å². The Bertz CT molecular complexity index is 225. The fourth-order valence-corrected chi connectivity index (χ4v) is 1.02. The van der Waals surface area contributed by atoms with Gasteiger partial charge >= 0.3 is 0 Å². The van der Waals surface area contributed by atoms with Crippen LogP contribution in [-0.4, -0.2) is 22.7 Å². The monoisotopic (exact) mass is 166 g/mol. The van der Waals surface area contributed by atoms with Crippen LogP contribution in [0.1, 0.15) is 18.5 Å². The Morgan fingerprint density at radius 3 is 2.83 bits per heavy atom. The lowest BCUT2D eigenvalue weighted by molar-refractivity contribution is 0.251. The van der Waals surface area contributed by atoms with Gasteiger partial charge in [-0.3, -0.25) is 4.98 Å². The Kier molecular flexibility index (Phi) is 3.19. The molecule has 0 radical (unpaired) electrons. The van der Waals surface area contributed by atoms with Gasteiger partial charge in [-0.25, -0.2) is 0 Å². The van der Waals surface area contributed by atoms with Crippen molar-refractivity contribution in [2.45, 2.75) is 18.9 Å². The molecule has 1 heterocycles. The summed E-state index contributed by atoms with van der Waals surface area (Å²) in [5, 5.41) is 8.81. The van der Waals surface area contributed by atoms with Crippen molar-refractivity contribution in [1.82, 2.24) is 4.98 Å². The van der Waals surface area contributed by atoms with Crippen molar-refractivity contribution in [1.29, 1.82) is 0 Å². The summed E-state index contributed by atoms with van der Waals surface area (Å²) < 4.78 is 0. The molecule has 0 aliphatic carbocycles. The van der Waals surface area contributed by atoms with Crippen LogP contribution in [0.4, 0.5) is 0 Å². The maximum absolute atomic E-state index is 8.81. The van der Waals surface area contributed by atoms with Gasteiger partial charge in [-0.1, -0.05) is 13.0 Å². The highest BCUT2D eigenvalue weighted by Crippen LogP contribution is 2.14. The standard InChI is InChI=1S/C9H14N2O/c1-7(8(10)6-12)9-4-2-3-5-11-9/h2-5,7-8,12H,6,10H2,1H3. The Balaban J connectivity index is 2.71. The lowest BCUT2D eigenvalue weighted by atomic mass is 9.99. The number of hydrogen-bond donors (Lipinski definition) is 2. The summed E-state index contributed by atoms with van der Waals surface area (Å²) in [4.78, 5) is 4.16. The van der Waals surface area contributed by atoms with Crippen LogP contribution in [0.15, 0.2) is 24.4 Å². The van der Waals surface area contributed by atoms with E-state index in [9.17, 15) is 0 Å². The van der Waals surface area contributed by atoms with Crippen molar-refractivity contribution in [2.24, 2.45) is 5.73 Å². The van der Waals surface area contributed by atoms with Crippen molar-refractivity contribution in [3.63, 3.8) is 0 Å².